The van der Waals surface area contributed by atoms with Crippen LogP contribution in [-0.2, 0) is 0 Å². The molecule has 0 fully saturated rings. The molecule has 0 atom stereocenters. The van der Waals surface area contributed by atoms with Crippen LogP contribution in [0.5, 0.6) is 0 Å². The number of carbonyl (C=O) groups excluding carboxylic acids is 1. The summed E-state index contributed by atoms with van der Waals surface area (Å²) in [5.41, 5.74) is 2.98. The maximum atomic E-state index is 12.1. The molecule has 98 valence electrons. The predicted molar refractivity (Wildman–Crippen MR) is 76.8 cm³/mol. The summed E-state index contributed by atoms with van der Waals surface area (Å²) >= 11 is 5.80. The van der Waals surface area contributed by atoms with Crippen molar-refractivity contribution in [3.63, 3.8) is 0 Å². The molecule has 0 saturated carbocycles. The summed E-state index contributed by atoms with van der Waals surface area (Å²) in [6.07, 6.45) is 2.79. The SMILES string of the molecule is CCC(CC)=C(CC)NC(=O)c1ccc(Cl)cc1. The summed E-state index contributed by atoms with van der Waals surface area (Å²) in [4.78, 5) is 12.1. The van der Waals surface area contributed by atoms with Crippen LogP contribution in [0.3, 0.4) is 0 Å². The number of rotatable bonds is 5. The van der Waals surface area contributed by atoms with Crippen molar-refractivity contribution in [1.82, 2.24) is 5.32 Å². The second-order valence-corrected chi connectivity index (χ2v) is 4.54. The van der Waals surface area contributed by atoms with Gasteiger partial charge in [-0.25, -0.2) is 0 Å². The fourth-order valence-corrected chi connectivity index (χ4v) is 2.04. The Balaban J connectivity index is 2.86. The summed E-state index contributed by atoms with van der Waals surface area (Å²) in [6.45, 7) is 6.29. The first-order chi connectivity index (χ1) is 8.62. The average molecular weight is 266 g/mol. The van der Waals surface area contributed by atoms with Crippen LogP contribution in [0.15, 0.2) is 35.5 Å². The highest BCUT2D eigenvalue weighted by molar-refractivity contribution is 6.30. The third kappa shape index (κ3) is 3.88. The molecule has 3 heteroatoms. The molecule has 1 aromatic carbocycles. The molecular weight excluding hydrogens is 246 g/mol. The third-order valence-electron chi connectivity index (χ3n) is 3.00. The number of benzene rings is 1. The summed E-state index contributed by atoms with van der Waals surface area (Å²) in [7, 11) is 0. The van der Waals surface area contributed by atoms with Crippen molar-refractivity contribution >= 4 is 17.5 Å². The molecule has 0 radical (unpaired) electrons. The lowest BCUT2D eigenvalue weighted by atomic mass is 10.1. The molecule has 0 spiro atoms. The minimum Gasteiger partial charge on any atom is -0.326 e. The van der Waals surface area contributed by atoms with Crippen LogP contribution in [0.2, 0.25) is 5.02 Å². The van der Waals surface area contributed by atoms with Crippen molar-refractivity contribution in [3.8, 4) is 0 Å². The van der Waals surface area contributed by atoms with E-state index in [4.69, 9.17) is 11.6 Å². The molecule has 2 nitrogen and oxygen atoms in total. The zero-order valence-corrected chi connectivity index (χ0v) is 12.0. The third-order valence-corrected chi connectivity index (χ3v) is 3.26. The van der Waals surface area contributed by atoms with Crippen LogP contribution in [0.1, 0.15) is 50.4 Å². The second-order valence-electron chi connectivity index (χ2n) is 4.10. The van der Waals surface area contributed by atoms with Gasteiger partial charge in [0.05, 0.1) is 0 Å². The van der Waals surface area contributed by atoms with Crippen molar-refractivity contribution in [1.29, 1.82) is 0 Å². The lowest BCUT2D eigenvalue weighted by Crippen LogP contribution is -2.23. The van der Waals surface area contributed by atoms with Crippen molar-refractivity contribution in [2.24, 2.45) is 0 Å². The minimum absolute atomic E-state index is 0.0667. The molecule has 1 amide bonds. The van der Waals surface area contributed by atoms with E-state index < -0.39 is 0 Å². The van der Waals surface area contributed by atoms with E-state index in [-0.39, 0.29) is 5.91 Å². The van der Waals surface area contributed by atoms with Gasteiger partial charge in [0, 0.05) is 16.3 Å². The Labute approximate surface area is 114 Å². The Morgan fingerprint density at radius 2 is 1.61 bits per heavy atom. The van der Waals surface area contributed by atoms with Crippen molar-refractivity contribution < 1.29 is 4.79 Å². The highest BCUT2D eigenvalue weighted by atomic mass is 35.5. The largest absolute Gasteiger partial charge is 0.326 e. The second kappa shape index (κ2) is 7.22. The summed E-state index contributed by atoms with van der Waals surface area (Å²) in [5, 5.41) is 3.64. The van der Waals surface area contributed by atoms with Crippen molar-refractivity contribution in [2.45, 2.75) is 40.0 Å². The normalized spacial score (nSPS) is 10.0. The van der Waals surface area contributed by atoms with Gasteiger partial charge in [-0.2, -0.15) is 0 Å². The van der Waals surface area contributed by atoms with Gasteiger partial charge in [0.2, 0.25) is 0 Å². The average Bonchev–Trinajstić information content (AvgIpc) is 2.39. The molecule has 0 aliphatic heterocycles. The zero-order valence-electron chi connectivity index (χ0n) is 11.2. The molecule has 0 saturated heterocycles. The lowest BCUT2D eigenvalue weighted by molar-refractivity contribution is 0.0964. The molecule has 0 aliphatic carbocycles. The van der Waals surface area contributed by atoms with E-state index in [1.54, 1.807) is 24.3 Å². The fourth-order valence-electron chi connectivity index (χ4n) is 1.91. The van der Waals surface area contributed by atoms with Gasteiger partial charge in [-0.1, -0.05) is 37.9 Å². The monoisotopic (exact) mass is 265 g/mol. The molecule has 0 aliphatic rings. The number of amides is 1. The van der Waals surface area contributed by atoms with E-state index in [1.165, 1.54) is 5.57 Å². The van der Waals surface area contributed by atoms with Crippen LogP contribution < -0.4 is 5.32 Å². The standard InChI is InChI=1S/C15H20ClNO/c1-4-11(5-2)14(6-3)17-15(18)12-7-9-13(16)10-8-12/h7-10H,4-6H2,1-3H3,(H,17,18). The minimum atomic E-state index is -0.0667. The summed E-state index contributed by atoms with van der Waals surface area (Å²) in [5.74, 6) is -0.0667. The summed E-state index contributed by atoms with van der Waals surface area (Å²) < 4.78 is 0. The Hall–Kier alpha value is -1.28. The topological polar surface area (TPSA) is 29.1 Å². The Morgan fingerprint density at radius 1 is 1.06 bits per heavy atom. The van der Waals surface area contributed by atoms with Crippen molar-refractivity contribution in [2.75, 3.05) is 0 Å². The highest BCUT2D eigenvalue weighted by Crippen LogP contribution is 2.15. The predicted octanol–water partition coefficient (Wildman–Crippen LogP) is 4.55. The van der Waals surface area contributed by atoms with Crippen LogP contribution in [-0.4, -0.2) is 5.91 Å². The van der Waals surface area contributed by atoms with E-state index in [0.717, 1.165) is 25.0 Å². The van der Waals surface area contributed by atoms with Gasteiger partial charge < -0.3 is 5.32 Å². The molecule has 0 aromatic heterocycles. The van der Waals surface area contributed by atoms with Crippen LogP contribution in [0.4, 0.5) is 0 Å². The molecule has 0 unspecified atom stereocenters. The van der Waals surface area contributed by atoms with Crippen molar-refractivity contribution in [3.05, 3.63) is 46.1 Å². The maximum absolute atomic E-state index is 12.1. The molecule has 1 aromatic rings. The molecular formula is C15H20ClNO. The maximum Gasteiger partial charge on any atom is 0.255 e. The van der Waals surface area contributed by atoms with Gasteiger partial charge in [0.25, 0.3) is 5.91 Å². The Kier molecular flexibility index (Phi) is 5.93. The number of nitrogens with one attached hydrogen (secondary N) is 1. The van der Waals surface area contributed by atoms with E-state index >= 15 is 0 Å². The van der Waals surface area contributed by atoms with Gasteiger partial charge in [0.1, 0.15) is 0 Å². The van der Waals surface area contributed by atoms with Gasteiger partial charge in [-0.05, 0) is 43.5 Å². The highest BCUT2D eigenvalue weighted by Gasteiger charge is 2.09. The number of carbonyl (C=O) groups is 1. The van der Waals surface area contributed by atoms with E-state index in [2.05, 4.69) is 26.1 Å². The molecule has 1 rings (SSSR count). The number of allylic oxidation sites excluding steroid dienone is 2. The molecule has 0 bridgehead atoms. The molecule has 0 heterocycles. The number of hydrogen-bond donors (Lipinski definition) is 1. The quantitative estimate of drug-likeness (QED) is 0.831. The Bertz CT molecular complexity index is 428. The first-order valence-electron chi connectivity index (χ1n) is 6.40. The van der Waals surface area contributed by atoms with E-state index in [9.17, 15) is 4.79 Å². The zero-order chi connectivity index (χ0) is 13.5. The van der Waals surface area contributed by atoms with Crippen LogP contribution >= 0.6 is 11.6 Å². The number of halogens is 1. The number of hydrogen-bond acceptors (Lipinski definition) is 1. The van der Waals surface area contributed by atoms with E-state index in [1.807, 2.05) is 0 Å². The van der Waals surface area contributed by atoms with Gasteiger partial charge in [-0.15, -0.1) is 0 Å². The molecule has 18 heavy (non-hydrogen) atoms. The summed E-state index contributed by atoms with van der Waals surface area (Å²) in [6, 6.07) is 6.93. The van der Waals surface area contributed by atoms with Gasteiger partial charge in [0.15, 0.2) is 0 Å². The fraction of sp³-hybridized carbons (Fsp3) is 0.400. The van der Waals surface area contributed by atoms with Gasteiger partial charge >= 0.3 is 0 Å². The van der Waals surface area contributed by atoms with Gasteiger partial charge in [-0.3, -0.25) is 4.79 Å². The first kappa shape index (κ1) is 14.8. The first-order valence-corrected chi connectivity index (χ1v) is 6.77. The van der Waals surface area contributed by atoms with Crippen LogP contribution in [0, 0.1) is 0 Å². The lowest BCUT2D eigenvalue weighted by Gasteiger charge is -2.13. The van der Waals surface area contributed by atoms with E-state index in [0.29, 0.717) is 10.6 Å². The van der Waals surface area contributed by atoms with Crippen LogP contribution in [0.25, 0.3) is 0 Å². The molecule has 1 N–H and O–H groups in total. The smallest absolute Gasteiger partial charge is 0.255 e. The Morgan fingerprint density at radius 3 is 2.06 bits per heavy atom.